The Hall–Kier alpha value is -2.40. The third-order valence-electron chi connectivity index (χ3n) is 2.92. The molecule has 5 nitrogen and oxygen atoms in total. The molecule has 5 heteroatoms. The van der Waals surface area contributed by atoms with E-state index in [-0.39, 0.29) is 0 Å². The zero-order valence-electron chi connectivity index (χ0n) is 12.6. The second-order valence-corrected chi connectivity index (χ2v) is 4.47. The highest BCUT2D eigenvalue weighted by Gasteiger charge is 2.02. The molecule has 0 unspecified atom stereocenters. The van der Waals surface area contributed by atoms with Gasteiger partial charge in [0.05, 0.1) is 22.7 Å². The van der Waals surface area contributed by atoms with Crippen LogP contribution in [-0.4, -0.2) is 13.2 Å². The van der Waals surface area contributed by atoms with E-state index in [2.05, 4.69) is 0 Å². The number of nitrogens with two attached hydrogens (primary N) is 4. The van der Waals surface area contributed by atoms with Gasteiger partial charge in [0.2, 0.25) is 0 Å². The molecule has 0 saturated heterocycles. The van der Waals surface area contributed by atoms with E-state index in [0.717, 1.165) is 24.3 Å². The minimum absolute atomic E-state index is 0.563. The van der Waals surface area contributed by atoms with E-state index in [1.54, 1.807) is 12.1 Å². The normalized spacial score (nSPS) is 9.81. The molecule has 2 aromatic carbocycles. The van der Waals surface area contributed by atoms with Gasteiger partial charge in [-0.2, -0.15) is 0 Å². The average Bonchev–Trinajstić information content (AvgIpc) is 2.46. The molecule has 0 heterocycles. The molecule has 0 aliphatic heterocycles. The van der Waals surface area contributed by atoms with Gasteiger partial charge < -0.3 is 27.7 Å². The highest BCUT2D eigenvalue weighted by atomic mass is 16.5. The summed E-state index contributed by atoms with van der Waals surface area (Å²) in [5.41, 5.74) is 27.0. The summed E-state index contributed by atoms with van der Waals surface area (Å²) in [5, 5.41) is 0. The van der Waals surface area contributed by atoms with Gasteiger partial charge in [0.1, 0.15) is 0 Å². The maximum atomic E-state index is 5.74. The molecule has 0 fully saturated rings. The van der Waals surface area contributed by atoms with Crippen LogP contribution in [-0.2, 0) is 4.74 Å². The fourth-order valence-corrected chi connectivity index (χ4v) is 1.71. The molecule has 0 spiro atoms. The molecule has 0 bridgehead atoms. The highest BCUT2D eigenvalue weighted by Crippen LogP contribution is 2.28. The van der Waals surface area contributed by atoms with Crippen molar-refractivity contribution >= 4 is 22.7 Å². The first-order valence-electron chi connectivity index (χ1n) is 6.87. The van der Waals surface area contributed by atoms with Crippen LogP contribution in [0.5, 0.6) is 0 Å². The monoisotopic (exact) mass is 288 g/mol. The van der Waals surface area contributed by atoms with Crippen molar-refractivity contribution in [3.05, 3.63) is 36.4 Å². The third-order valence-corrected chi connectivity index (χ3v) is 2.92. The van der Waals surface area contributed by atoms with Gasteiger partial charge in [-0.05, 0) is 49.2 Å². The van der Waals surface area contributed by atoms with Gasteiger partial charge in [0.25, 0.3) is 0 Å². The summed E-state index contributed by atoms with van der Waals surface area (Å²) < 4.78 is 4.83. The number of hydrogen-bond acceptors (Lipinski definition) is 5. The number of nitrogen functional groups attached to an aromatic ring is 4. The van der Waals surface area contributed by atoms with Gasteiger partial charge in [0.15, 0.2) is 0 Å². The Morgan fingerprint density at radius 1 is 0.667 bits per heavy atom. The molecule has 2 rings (SSSR count). The van der Waals surface area contributed by atoms with Crippen molar-refractivity contribution in [1.82, 2.24) is 0 Å². The number of ether oxygens (including phenoxy) is 1. The zero-order valence-corrected chi connectivity index (χ0v) is 12.6. The van der Waals surface area contributed by atoms with Crippen molar-refractivity contribution in [2.24, 2.45) is 0 Å². The lowest BCUT2D eigenvalue weighted by atomic mass is 10.0. The molecule has 0 aliphatic carbocycles. The minimum Gasteiger partial charge on any atom is -0.397 e. The minimum atomic E-state index is 0.563. The standard InChI is InChI=1S/C12H14N4.C4H10O/c13-9-3-1-7(5-11(9)15)8-2-4-10(14)12(16)6-8;1-3-5-4-2/h1-6H,13-16H2;3-4H2,1-2H3. The van der Waals surface area contributed by atoms with Crippen LogP contribution in [0, 0.1) is 0 Å². The lowest BCUT2D eigenvalue weighted by molar-refractivity contribution is 0.162. The Morgan fingerprint density at radius 3 is 1.29 bits per heavy atom. The van der Waals surface area contributed by atoms with E-state index in [9.17, 15) is 0 Å². The van der Waals surface area contributed by atoms with Crippen LogP contribution in [0.2, 0.25) is 0 Å². The fourth-order valence-electron chi connectivity index (χ4n) is 1.71. The number of anilines is 4. The van der Waals surface area contributed by atoms with E-state index in [0.29, 0.717) is 22.7 Å². The van der Waals surface area contributed by atoms with E-state index >= 15 is 0 Å². The van der Waals surface area contributed by atoms with Gasteiger partial charge in [-0.1, -0.05) is 12.1 Å². The zero-order chi connectivity index (χ0) is 15.8. The molecule has 21 heavy (non-hydrogen) atoms. The molecule has 0 saturated carbocycles. The van der Waals surface area contributed by atoms with Crippen LogP contribution in [0.3, 0.4) is 0 Å². The average molecular weight is 288 g/mol. The lowest BCUT2D eigenvalue weighted by Gasteiger charge is -2.07. The molecule has 0 radical (unpaired) electrons. The largest absolute Gasteiger partial charge is 0.397 e. The first kappa shape index (κ1) is 16.7. The van der Waals surface area contributed by atoms with Crippen LogP contribution in [0.15, 0.2) is 36.4 Å². The van der Waals surface area contributed by atoms with E-state index in [1.165, 1.54) is 0 Å². The second-order valence-electron chi connectivity index (χ2n) is 4.47. The topological polar surface area (TPSA) is 113 Å². The molecular formula is C16H24N4O. The van der Waals surface area contributed by atoms with Crippen LogP contribution < -0.4 is 22.9 Å². The van der Waals surface area contributed by atoms with Crippen molar-refractivity contribution in [2.45, 2.75) is 13.8 Å². The van der Waals surface area contributed by atoms with Crippen LogP contribution in [0.25, 0.3) is 11.1 Å². The smallest absolute Gasteiger partial charge is 0.0554 e. The summed E-state index contributed by atoms with van der Waals surface area (Å²) >= 11 is 0. The Labute approximate surface area is 125 Å². The molecule has 0 aromatic heterocycles. The summed E-state index contributed by atoms with van der Waals surface area (Å²) in [4.78, 5) is 0. The van der Waals surface area contributed by atoms with Gasteiger partial charge in [-0.25, -0.2) is 0 Å². The summed E-state index contributed by atoms with van der Waals surface area (Å²) in [6.45, 7) is 5.67. The quantitative estimate of drug-likeness (QED) is 0.648. The molecule has 8 N–H and O–H groups in total. The first-order chi connectivity index (χ1) is 9.99. The summed E-state index contributed by atoms with van der Waals surface area (Å²) in [5.74, 6) is 0. The van der Waals surface area contributed by atoms with Crippen LogP contribution in [0.4, 0.5) is 22.7 Å². The third kappa shape index (κ3) is 4.89. The van der Waals surface area contributed by atoms with Crippen LogP contribution >= 0.6 is 0 Å². The number of hydrogen-bond donors (Lipinski definition) is 4. The van der Waals surface area contributed by atoms with Crippen molar-refractivity contribution in [2.75, 3.05) is 36.1 Å². The molecule has 2 aromatic rings. The highest BCUT2D eigenvalue weighted by molar-refractivity contribution is 5.78. The Bertz CT molecular complexity index is 533. The SMILES string of the molecule is CCOCC.Nc1ccc(-c2ccc(N)c(N)c2)cc1N. The molecule has 0 atom stereocenters. The predicted molar refractivity (Wildman–Crippen MR) is 91.7 cm³/mol. The first-order valence-corrected chi connectivity index (χ1v) is 6.87. The van der Waals surface area contributed by atoms with Gasteiger partial charge >= 0.3 is 0 Å². The molecule has 0 aliphatic rings. The molecule has 0 amide bonds. The van der Waals surface area contributed by atoms with Crippen molar-refractivity contribution in [3.63, 3.8) is 0 Å². The second kappa shape index (κ2) is 8.01. The van der Waals surface area contributed by atoms with E-state index < -0.39 is 0 Å². The predicted octanol–water partition coefficient (Wildman–Crippen LogP) is 2.73. The maximum absolute atomic E-state index is 5.74. The summed E-state index contributed by atoms with van der Waals surface area (Å²) in [6, 6.07) is 11.0. The van der Waals surface area contributed by atoms with Gasteiger partial charge in [-0.3, -0.25) is 0 Å². The Morgan fingerprint density at radius 2 is 1.05 bits per heavy atom. The van der Waals surface area contributed by atoms with Crippen molar-refractivity contribution < 1.29 is 4.74 Å². The van der Waals surface area contributed by atoms with Crippen LogP contribution in [0.1, 0.15) is 13.8 Å². The molecule has 114 valence electrons. The van der Waals surface area contributed by atoms with Gasteiger partial charge in [0, 0.05) is 13.2 Å². The lowest BCUT2D eigenvalue weighted by Crippen LogP contribution is -1.96. The fraction of sp³-hybridized carbons (Fsp3) is 0.250. The number of rotatable bonds is 3. The summed E-state index contributed by atoms with van der Waals surface area (Å²) in [6.07, 6.45) is 0. The van der Waals surface area contributed by atoms with Crippen molar-refractivity contribution in [3.8, 4) is 11.1 Å². The Balaban J connectivity index is 0.000000383. The van der Waals surface area contributed by atoms with E-state index in [4.69, 9.17) is 27.7 Å². The number of benzene rings is 2. The summed E-state index contributed by atoms with van der Waals surface area (Å²) in [7, 11) is 0. The van der Waals surface area contributed by atoms with E-state index in [1.807, 2.05) is 38.1 Å². The maximum Gasteiger partial charge on any atom is 0.0554 e. The van der Waals surface area contributed by atoms with Gasteiger partial charge in [-0.15, -0.1) is 0 Å². The van der Waals surface area contributed by atoms with Crippen molar-refractivity contribution in [1.29, 1.82) is 0 Å². The molecular weight excluding hydrogens is 264 g/mol. The Kier molecular flexibility index (Phi) is 6.36.